The van der Waals surface area contributed by atoms with Crippen molar-refractivity contribution < 1.29 is 56.6 Å². The van der Waals surface area contributed by atoms with Crippen LogP contribution in [0, 0.1) is 24.7 Å². The Kier molecular flexibility index (Phi) is 12.2. The summed E-state index contributed by atoms with van der Waals surface area (Å²) in [6.45, 7) is 0.0125. The molecule has 8 unspecified atom stereocenters. The van der Waals surface area contributed by atoms with Crippen molar-refractivity contribution in [2.45, 2.75) is 74.9 Å². The van der Waals surface area contributed by atoms with Crippen molar-refractivity contribution in [3.63, 3.8) is 0 Å². The first-order chi connectivity index (χ1) is 28.4. The largest absolute Gasteiger partial charge is 0.621 e. The van der Waals surface area contributed by atoms with E-state index >= 15 is 0 Å². The summed E-state index contributed by atoms with van der Waals surface area (Å²) in [4.78, 5) is 72.8. The summed E-state index contributed by atoms with van der Waals surface area (Å²) < 4.78 is 45.3. The number of nitrogens with one attached hydrogen (secondary N) is 2. The van der Waals surface area contributed by atoms with Crippen LogP contribution >= 0.6 is 16.3 Å². The van der Waals surface area contributed by atoms with Gasteiger partial charge in [0, 0.05) is 23.5 Å². The van der Waals surface area contributed by atoms with Crippen LogP contribution in [0.5, 0.6) is 11.5 Å². The van der Waals surface area contributed by atoms with Crippen LogP contribution in [0.1, 0.15) is 60.4 Å². The van der Waals surface area contributed by atoms with Gasteiger partial charge in [-0.2, -0.15) is 9.79 Å². The maximum atomic E-state index is 12.1. The highest BCUT2D eigenvalue weighted by Gasteiger charge is 2.59. The fraction of sp³-hybridized carbons (Fsp3) is 0.333. The molecule has 2 aromatic heterocycles. The van der Waals surface area contributed by atoms with Gasteiger partial charge in [-0.3, -0.25) is 37.7 Å². The molecule has 0 amide bonds. The highest BCUT2D eigenvalue weighted by molar-refractivity contribution is 7.56. The molecule has 4 radical (unpaired) electrons. The van der Waals surface area contributed by atoms with Crippen molar-refractivity contribution in [3.05, 3.63) is 125 Å². The van der Waals surface area contributed by atoms with Crippen LogP contribution in [0.2, 0.25) is 0 Å². The van der Waals surface area contributed by atoms with E-state index < -0.39 is 74.9 Å². The van der Waals surface area contributed by atoms with Crippen molar-refractivity contribution >= 4 is 32.0 Å². The molecule has 8 rings (SSSR count). The van der Waals surface area contributed by atoms with E-state index in [0.29, 0.717) is 22.6 Å². The standard InChI is InChI=1S/2C18H16BN2O8P/c2*1-2-11-9-21(17(23)20-16(11)22)15-8-7-14(27-15)18(19,24)29-30(25)26-10-12-5-3-4-6-13(12)28-30/h2*1,3-6,9,14-15,24-25H,7-8,10H2/p+2. The molecule has 0 bridgehead atoms. The van der Waals surface area contributed by atoms with E-state index in [1.165, 1.54) is 12.4 Å². The lowest BCUT2D eigenvalue weighted by atomic mass is 9.88. The van der Waals surface area contributed by atoms with Crippen LogP contribution in [0.4, 0.5) is 0 Å². The predicted molar refractivity (Wildman–Crippen MR) is 210 cm³/mol. The molecule has 24 heteroatoms. The smallest absolute Gasteiger partial charge is 0.368 e. The summed E-state index contributed by atoms with van der Waals surface area (Å²) >= 11 is 0. The number of aromatic nitrogens is 4. The van der Waals surface area contributed by atoms with E-state index in [-0.39, 0.29) is 50.0 Å². The third-order valence-corrected chi connectivity index (χ3v) is 12.3. The van der Waals surface area contributed by atoms with Gasteiger partial charge in [0.1, 0.15) is 49.0 Å². The topological polar surface area (TPSA) is 264 Å². The summed E-state index contributed by atoms with van der Waals surface area (Å²) in [5.74, 6) is 5.05. The fourth-order valence-electron chi connectivity index (χ4n) is 6.47. The van der Waals surface area contributed by atoms with Crippen molar-refractivity contribution in [1.82, 2.24) is 19.1 Å². The normalized spacial score (nSPS) is 27.5. The number of rotatable bonds is 8. The number of ether oxygens (including phenoxy) is 2. The zero-order valence-corrected chi connectivity index (χ0v) is 32.9. The maximum Gasteiger partial charge on any atom is 0.621 e. The average Bonchev–Trinajstić information content (AvgIpc) is 3.90. The number of nitrogens with zero attached hydrogens (tertiary/aromatic N) is 2. The number of hydrogen-bond donors (Lipinski definition) is 6. The molecule has 20 nitrogen and oxygen atoms in total. The summed E-state index contributed by atoms with van der Waals surface area (Å²) in [5.41, 5.74) is -6.50. The van der Waals surface area contributed by atoms with Gasteiger partial charge < -0.3 is 19.7 Å². The molecule has 6 N–H and O–H groups in total. The number of aliphatic hydroxyl groups is 2. The van der Waals surface area contributed by atoms with Crippen LogP contribution < -0.4 is 31.5 Å². The molecule has 4 aliphatic heterocycles. The van der Waals surface area contributed by atoms with Gasteiger partial charge in [0.25, 0.3) is 11.1 Å². The first kappa shape index (κ1) is 43.2. The molecule has 2 fully saturated rings. The first-order valence-corrected chi connectivity index (χ1v) is 20.9. The van der Waals surface area contributed by atoms with E-state index in [9.17, 15) is 39.2 Å². The van der Waals surface area contributed by atoms with Crippen molar-refractivity contribution in [3.8, 4) is 36.2 Å². The van der Waals surface area contributed by atoms with Gasteiger partial charge in [0.05, 0.1) is 0 Å². The van der Waals surface area contributed by atoms with Gasteiger partial charge in [-0.1, -0.05) is 48.2 Å². The minimum atomic E-state index is -3.99. The molecule has 4 aliphatic rings. The molecule has 4 aromatic rings. The summed E-state index contributed by atoms with van der Waals surface area (Å²) in [6.07, 6.45) is 9.74. The van der Waals surface area contributed by atoms with Crippen LogP contribution in [0.25, 0.3) is 0 Å². The number of hydrogen-bond acceptors (Lipinski definition) is 16. The molecule has 308 valence electrons. The molecular formula is C36H34B2N4O16P2+2. The Bertz CT molecular complexity index is 2430. The second-order valence-corrected chi connectivity index (χ2v) is 16.7. The van der Waals surface area contributed by atoms with Crippen LogP contribution in [-0.4, -0.2) is 78.4 Å². The molecular weight excluding hydrogens is 828 g/mol. The number of fused-ring (bicyclic) bond motifs is 2. The van der Waals surface area contributed by atoms with Crippen LogP contribution in [0.15, 0.2) is 80.1 Å². The maximum absolute atomic E-state index is 12.1. The lowest BCUT2D eigenvalue weighted by Gasteiger charge is -2.31. The number of para-hydroxylation sites is 2. The molecule has 6 heterocycles. The first-order valence-electron chi connectivity index (χ1n) is 17.9. The Labute approximate surface area is 343 Å². The van der Waals surface area contributed by atoms with E-state index in [0.717, 1.165) is 9.13 Å². The Morgan fingerprint density at radius 1 is 0.683 bits per heavy atom. The Morgan fingerprint density at radius 3 is 1.45 bits per heavy atom. The molecule has 60 heavy (non-hydrogen) atoms. The molecule has 0 saturated carbocycles. The van der Waals surface area contributed by atoms with E-state index in [1.807, 2.05) is 0 Å². The van der Waals surface area contributed by atoms with E-state index in [2.05, 4.69) is 21.8 Å². The second kappa shape index (κ2) is 16.9. The average molecular weight is 862 g/mol. The summed E-state index contributed by atoms with van der Waals surface area (Å²) in [6, 6.07) is 13.7. The number of terminal acetylenes is 2. The fourth-order valence-corrected chi connectivity index (χ4v) is 9.18. The molecule has 0 aliphatic carbocycles. The second-order valence-electron chi connectivity index (χ2n) is 13.6. The lowest BCUT2D eigenvalue weighted by molar-refractivity contribution is -0.181. The van der Waals surface area contributed by atoms with Gasteiger partial charge in [-0.25, -0.2) is 9.59 Å². The highest BCUT2D eigenvalue weighted by atomic mass is 31.2. The van der Waals surface area contributed by atoms with Crippen LogP contribution in [0.3, 0.4) is 0 Å². The minimum absolute atomic E-state index is 0.00627. The number of benzene rings is 2. The van der Waals surface area contributed by atoms with E-state index in [1.54, 1.807) is 48.5 Å². The van der Waals surface area contributed by atoms with Gasteiger partial charge in [-0.15, -0.1) is 30.9 Å². The quantitative estimate of drug-likeness (QED) is 0.0614. The van der Waals surface area contributed by atoms with Crippen molar-refractivity contribution in [2.75, 3.05) is 0 Å². The van der Waals surface area contributed by atoms with Gasteiger partial charge in [0.15, 0.2) is 38.6 Å². The molecule has 0 spiro atoms. The lowest BCUT2D eigenvalue weighted by Crippen LogP contribution is -2.46. The summed E-state index contributed by atoms with van der Waals surface area (Å²) in [5, 5.41) is 21.2. The van der Waals surface area contributed by atoms with Gasteiger partial charge >= 0.3 is 27.7 Å². The Morgan fingerprint density at radius 2 is 1.07 bits per heavy atom. The van der Waals surface area contributed by atoms with Crippen molar-refractivity contribution in [1.29, 1.82) is 0 Å². The predicted octanol–water partition coefficient (Wildman–Crippen LogP) is 0.612. The highest BCUT2D eigenvalue weighted by Crippen LogP contribution is 2.64. The van der Waals surface area contributed by atoms with Crippen molar-refractivity contribution in [2.24, 2.45) is 0 Å². The summed E-state index contributed by atoms with van der Waals surface area (Å²) in [7, 11) is 3.73. The van der Waals surface area contributed by atoms with E-state index in [4.69, 9.17) is 65.2 Å². The number of aromatic amines is 2. The third kappa shape index (κ3) is 9.21. The Balaban J connectivity index is 0.000000181. The zero-order chi connectivity index (χ0) is 43.0. The molecule has 2 saturated heterocycles. The molecule has 8 atom stereocenters. The SMILES string of the molecule is [B]C(O)(O[P+]1(O)OCc2ccccc2O1)C1CCC(n2cc(C#C)c(=O)[nH]c2=O)O1.[B]C(O)(O[P+]1(O)OCc2ccccc2O1)C1CCC(n2cc(C#C)c(=O)[nH]c2=O)O1. The minimum Gasteiger partial charge on any atom is -0.368 e. The van der Waals surface area contributed by atoms with Gasteiger partial charge in [0.2, 0.25) is 0 Å². The third-order valence-electron chi connectivity index (χ3n) is 9.45. The van der Waals surface area contributed by atoms with Gasteiger partial charge in [-0.05, 0) is 37.8 Å². The molecule has 2 aromatic carbocycles. The monoisotopic (exact) mass is 862 g/mol. The number of H-pyrrole nitrogens is 2. The zero-order valence-electron chi connectivity index (χ0n) is 31.1. The Hall–Kier alpha value is -4.89. The van der Waals surface area contributed by atoms with Crippen LogP contribution in [-0.2, 0) is 40.8 Å².